The van der Waals surface area contributed by atoms with Crippen LogP contribution in [-0.4, -0.2) is 40.6 Å². The zero-order valence-electron chi connectivity index (χ0n) is 14.8. The first-order chi connectivity index (χ1) is 11.8. The lowest BCUT2D eigenvalue weighted by Gasteiger charge is -2.44. The number of rotatable bonds is 3. The van der Waals surface area contributed by atoms with Gasteiger partial charge in [-0.15, -0.1) is 0 Å². The van der Waals surface area contributed by atoms with E-state index in [1.165, 1.54) is 12.1 Å². The minimum atomic E-state index is -0.394. The molecule has 2 heterocycles. The van der Waals surface area contributed by atoms with Crippen LogP contribution < -0.4 is 5.56 Å². The van der Waals surface area contributed by atoms with Crippen LogP contribution in [0.25, 0.3) is 10.9 Å². The third kappa shape index (κ3) is 3.74. The van der Waals surface area contributed by atoms with E-state index in [2.05, 4.69) is 4.98 Å². The van der Waals surface area contributed by atoms with Gasteiger partial charge in [-0.25, -0.2) is 4.39 Å². The number of carbonyl (C=O) groups excluding carboxylic acids is 1. The maximum Gasteiger partial charge on any atom is 0.251 e. The molecular weight excluding hydrogens is 323 g/mol. The summed E-state index contributed by atoms with van der Waals surface area (Å²) in [7, 11) is 0. The molecule has 0 aliphatic carbocycles. The highest BCUT2D eigenvalue weighted by Crippen LogP contribution is 2.23. The average molecular weight is 346 g/mol. The molecule has 3 rings (SSSR count). The maximum absolute atomic E-state index is 13.3. The number of hydrogen-bond donors (Lipinski definition) is 1. The highest BCUT2D eigenvalue weighted by Gasteiger charge is 2.36. The molecule has 0 saturated carbocycles. The van der Waals surface area contributed by atoms with Crippen LogP contribution in [0.3, 0.4) is 0 Å². The predicted molar refractivity (Wildman–Crippen MR) is 94.1 cm³/mol. The van der Waals surface area contributed by atoms with Gasteiger partial charge >= 0.3 is 0 Å². The summed E-state index contributed by atoms with van der Waals surface area (Å²) in [6.07, 6.45) is 0.617. The van der Waals surface area contributed by atoms with Crippen LogP contribution in [0, 0.1) is 5.82 Å². The number of pyridine rings is 1. The van der Waals surface area contributed by atoms with Crippen molar-refractivity contribution in [3.63, 3.8) is 0 Å². The molecule has 6 heteroatoms. The largest absolute Gasteiger partial charge is 0.374 e. The molecule has 134 valence electrons. The molecule has 0 bridgehead atoms. The zero-order valence-corrected chi connectivity index (χ0v) is 14.8. The Morgan fingerprint density at radius 2 is 2.16 bits per heavy atom. The highest BCUT2D eigenvalue weighted by atomic mass is 19.1. The second kappa shape index (κ2) is 6.59. The molecule has 2 aromatic rings. The van der Waals surface area contributed by atoms with Gasteiger partial charge in [-0.2, -0.15) is 0 Å². The molecule has 1 aliphatic rings. The van der Waals surface area contributed by atoms with Crippen molar-refractivity contribution in [3.8, 4) is 0 Å². The van der Waals surface area contributed by atoms with Crippen molar-refractivity contribution in [3.05, 3.63) is 46.0 Å². The van der Waals surface area contributed by atoms with Gasteiger partial charge in [0.25, 0.3) is 5.56 Å². The van der Waals surface area contributed by atoms with E-state index in [-0.39, 0.29) is 29.5 Å². The van der Waals surface area contributed by atoms with Crippen molar-refractivity contribution in [1.29, 1.82) is 0 Å². The van der Waals surface area contributed by atoms with Crippen LogP contribution >= 0.6 is 0 Å². The molecule has 1 saturated heterocycles. The number of amides is 1. The molecule has 0 spiro atoms. The van der Waals surface area contributed by atoms with E-state index in [0.29, 0.717) is 30.7 Å². The van der Waals surface area contributed by atoms with E-state index in [1.54, 1.807) is 12.1 Å². The fourth-order valence-corrected chi connectivity index (χ4v) is 3.20. The van der Waals surface area contributed by atoms with Gasteiger partial charge in [0.15, 0.2) is 0 Å². The summed E-state index contributed by atoms with van der Waals surface area (Å²) in [5.41, 5.74) is 0.368. The molecule has 1 fully saturated rings. The third-order valence-corrected chi connectivity index (χ3v) is 4.69. The molecule has 1 unspecified atom stereocenters. The fourth-order valence-electron chi connectivity index (χ4n) is 3.20. The number of benzene rings is 1. The van der Waals surface area contributed by atoms with Crippen LogP contribution in [0.4, 0.5) is 4.39 Å². The number of ether oxygens (including phenoxy) is 1. The monoisotopic (exact) mass is 346 g/mol. The molecule has 25 heavy (non-hydrogen) atoms. The summed E-state index contributed by atoms with van der Waals surface area (Å²) >= 11 is 0. The van der Waals surface area contributed by atoms with Crippen molar-refractivity contribution < 1.29 is 13.9 Å². The van der Waals surface area contributed by atoms with E-state index in [1.807, 2.05) is 25.7 Å². The molecule has 1 aromatic carbocycles. The van der Waals surface area contributed by atoms with Crippen molar-refractivity contribution in [1.82, 2.24) is 9.88 Å². The Balaban J connectivity index is 1.75. The molecular formula is C19H23FN2O3. The van der Waals surface area contributed by atoms with Crippen molar-refractivity contribution >= 4 is 16.8 Å². The molecule has 0 radical (unpaired) electrons. The van der Waals surface area contributed by atoms with Gasteiger partial charge in [0.05, 0.1) is 23.8 Å². The number of aromatic amines is 1. The highest BCUT2D eigenvalue weighted by molar-refractivity contribution is 5.80. The van der Waals surface area contributed by atoms with Crippen LogP contribution in [0.1, 0.15) is 32.8 Å². The number of aromatic nitrogens is 1. The minimum Gasteiger partial charge on any atom is -0.374 e. The first kappa shape index (κ1) is 17.6. The Labute approximate surface area is 145 Å². The average Bonchev–Trinajstić information content (AvgIpc) is 2.55. The Bertz CT molecular complexity index is 859. The number of nitrogens with zero attached hydrogens (tertiary/aromatic N) is 1. The lowest BCUT2D eigenvalue weighted by molar-refractivity contribution is -0.152. The normalized spacial score (nSPS) is 20.0. The quantitative estimate of drug-likeness (QED) is 0.929. The van der Waals surface area contributed by atoms with E-state index in [9.17, 15) is 14.0 Å². The van der Waals surface area contributed by atoms with Crippen LogP contribution in [0.15, 0.2) is 29.1 Å². The van der Waals surface area contributed by atoms with Gasteiger partial charge in [0.1, 0.15) is 5.82 Å². The van der Waals surface area contributed by atoms with Gasteiger partial charge in [0.2, 0.25) is 5.91 Å². The number of hydrogen-bond acceptors (Lipinski definition) is 3. The van der Waals surface area contributed by atoms with E-state index < -0.39 is 5.82 Å². The van der Waals surface area contributed by atoms with E-state index >= 15 is 0 Å². The number of halogens is 1. The van der Waals surface area contributed by atoms with Gasteiger partial charge < -0.3 is 14.6 Å². The van der Waals surface area contributed by atoms with E-state index in [4.69, 9.17) is 4.74 Å². The molecule has 1 aromatic heterocycles. The molecule has 1 amide bonds. The number of morpholine rings is 1. The predicted octanol–water partition coefficient (Wildman–Crippen LogP) is 2.63. The first-order valence-electron chi connectivity index (χ1n) is 8.50. The summed E-state index contributed by atoms with van der Waals surface area (Å²) in [4.78, 5) is 29.4. The fraction of sp³-hybridized carbons (Fsp3) is 0.474. The number of aryl methyl sites for hydroxylation is 1. The number of carbonyl (C=O) groups is 1. The van der Waals surface area contributed by atoms with Crippen molar-refractivity contribution in [2.75, 3.05) is 13.2 Å². The van der Waals surface area contributed by atoms with Gasteiger partial charge in [-0.3, -0.25) is 9.59 Å². The Morgan fingerprint density at radius 3 is 2.92 bits per heavy atom. The topological polar surface area (TPSA) is 62.4 Å². The van der Waals surface area contributed by atoms with Gasteiger partial charge in [-0.1, -0.05) is 0 Å². The van der Waals surface area contributed by atoms with Crippen molar-refractivity contribution in [2.45, 2.75) is 45.3 Å². The van der Waals surface area contributed by atoms with Gasteiger partial charge in [-0.05, 0) is 56.8 Å². The number of nitrogens with one attached hydrogen (secondary N) is 1. The lowest BCUT2D eigenvalue weighted by atomic mass is 9.99. The molecule has 1 atom stereocenters. The van der Waals surface area contributed by atoms with Gasteiger partial charge in [0, 0.05) is 18.5 Å². The summed E-state index contributed by atoms with van der Waals surface area (Å²) in [5.74, 6) is -0.381. The Hall–Kier alpha value is -2.21. The second-order valence-corrected chi connectivity index (χ2v) is 7.29. The summed E-state index contributed by atoms with van der Waals surface area (Å²) in [6.45, 7) is 6.96. The maximum atomic E-state index is 13.3. The Kier molecular flexibility index (Phi) is 4.64. The van der Waals surface area contributed by atoms with Crippen LogP contribution in [0.2, 0.25) is 0 Å². The van der Waals surface area contributed by atoms with Crippen LogP contribution in [-0.2, 0) is 16.0 Å². The Morgan fingerprint density at radius 1 is 1.40 bits per heavy atom. The molecule has 1 aliphatic heterocycles. The van der Waals surface area contributed by atoms with E-state index in [0.717, 1.165) is 5.39 Å². The lowest BCUT2D eigenvalue weighted by Crippen LogP contribution is -2.57. The SMILES string of the molecule is CC1CN(C(=O)CCc2cc3ccc(F)cc3[nH]c2=O)C(C)(C)CO1. The first-order valence-corrected chi connectivity index (χ1v) is 8.50. The third-order valence-electron chi connectivity index (χ3n) is 4.69. The van der Waals surface area contributed by atoms with Crippen LogP contribution in [0.5, 0.6) is 0 Å². The second-order valence-electron chi connectivity index (χ2n) is 7.29. The van der Waals surface area contributed by atoms with Crippen molar-refractivity contribution in [2.24, 2.45) is 0 Å². The summed E-state index contributed by atoms with van der Waals surface area (Å²) < 4.78 is 18.9. The standard InChI is InChI=1S/C19H23FN2O3/c1-12-10-22(19(2,3)11-25-12)17(23)7-5-14-8-13-4-6-15(20)9-16(13)21-18(14)24/h4,6,8-9,12H,5,7,10-11H2,1-3H3,(H,21,24). The zero-order chi connectivity index (χ0) is 18.2. The summed E-state index contributed by atoms with van der Waals surface area (Å²) in [6, 6.07) is 6.00. The number of H-pyrrole nitrogens is 1. The smallest absolute Gasteiger partial charge is 0.251 e. The number of fused-ring (bicyclic) bond motifs is 1. The molecule has 5 nitrogen and oxygen atoms in total. The minimum absolute atomic E-state index is 0.0101. The molecule has 1 N–H and O–H groups in total. The summed E-state index contributed by atoms with van der Waals surface area (Å²) in [5, 5.41) is 0.753.